The smallest absolute Gasteiger partial charge is 0.162 e. The summed E-state index contributed by atoms with van der Waals surface area (Å²) in [5.41, 5.74) is 1.14. The van der Waals surface area contributed by atoms with E-state index in [1.165, 1.54) is 0 Å². The van der Waals surface area contributed by atoms with Crippen LogP contribution in [0.2, 0.25) is 0 Å². The van der Waals surface area contributed by atoms with Crippen molar-refractivity contribution in [2.45, 2.75) is 38.5 Å². The van der Waals surface area contributed by atoms with E-state index < -0.39 is 0 Å². The van der Waals surface area contributed by atoms with Crippen molar-refractivity contribution in [3.63, 3.8) is 0 Å². The SMILES string of the molecule is N#CCCCCCCC(=O)c1cccc(C#N)c1. The topological polar surface area (TPSA) is 64.7 Å². The summed E-state index contributed by atoms with van der Waals surface area (Å²) in [5.74, 6) is 0.0902. The second kappa shape index (κ2) is 8.03. The Morgan fingerprint density at radius 2 is 1.89 bits per heavy atom. The van der Waals surface area contributed by atoms with E-state index in [4.69, 9.17) is 10.5 Å². The van der Waals surface area contributed by atoms with Crippen molar-refractivity contribution in [2.24, 2.45) is 0 Å². The van der Waals surface area contributed by atoms with Crippen LogP contribution in [0.5, 0.6) is 0 Å². The Balaban J connectivity index is 2.33. The van der Waals surface area contributed by atoms with Crippen LogP contribution >= 0.6 is 0 Å². The van der Waals surface area contributed by atoms with E-state index in [9.17, 15) is 4.79 Å². The Morgan fingerprint density at radius 1 is 1.11 bits per heavy atom. The number of rotatable bonds is 7. The first-order valence-corrected chi connectivity index (χ1v) is 6.18. The first-order valence-electron chi connectivity index (χ1n) is 6.18. The molecule has 0 aliphatic carbocycles. The lowest BCUT2D eigenvalue weighted by Gasteiger charge is -2.01. The fourth-order valence-electron chi connectivity index (χ4n) is 1.75. The Bertz CT molecular complexity index is 480. The van der Waals surface area contributed by atoms with Crippen molar-refractivity contribution in [2.75, 3.05) is 0 Å². The molecule has 0 aromatic heterocycles. The number of nitrogens with zero attached hydrogens (tertiary/aromatic N) is 2. The zero-order valence-electron chi connectivity index (χ0n) is 10.4. The summed E-state index contributed by atoms with van der Waals surface area (Å²) in [6, 6.07) is 11.0. The summed E-state index contributed by atoms with van der Waals surface area (Å²) in [6.45, 7) is 0. The Hall–Kier alpha value is -2.13. The minimum atomic E-state index is 0.0902. The molecule has 1 rings (SSSR count). The molecular weight excluding hydrogens is 224 g/mol. The van der Waals surface area contributed by atoms with Gasteiger partial charge in [-0.3, -0.25) is 4.79 Å². The fraction of sp³-hybridized carbons (Fsp3) is 0.400. The van der Waals surface area contributed by atoms with Gasteiger partial charge < -0.3 is 0 Å². The molecule has 0 bridgehead atoms. The van der Waals surface area contributed by atoms with Gasteiger partial charge in [-0.25, -0.2) is 0 Å². The van der Waals surface area contributed by atoms with Crippen LogP contribution in [0.15, 0.2) is 24.3 Å². The van der Waals surface area contributed by atoms with Crippen LogP contribution in [0, 0.1) is 22.7 Å². The van der Waals surface area contributed by atoms with Crippen molar-refractivity contribution in [1.29, 1.82) is 10.5 Å². The van der Waals surface area contributed by atoms with Crippen LogP contribution in [0.4, 0.5) is 0 Å². The van der Waals surface area contributed by atoms with E-state index in [1.807, 2.05) is 6.07 Å². The maximum absolute atomic E-state index is 11.8. The molecule has 0 saturated heterocycles. The third-order valence-corrected chi connectivity index (χ3v) is 2.76. The van der Waals surface area contributed by atoms with Crippen LogP contribution in [0.1, 0.15) is 54.4 Å². The van der Waals surface area contributed by atoms with E-state index in [0.29, 0.717) is 24.0 Å². The average molecular weight is 240 g/mol. The predicted molar refractivity (Wildman–Crippen MR) is 68.8 cm³/mol. The van der Waals surface area contributed by atoms with Crippen molar-refractivity contribution in [3.05, 3.63) is 35.4 Å². The summed E-state index contributed by atoms with van der Waals surface area (Å²) in [7, 11) is 0. The van der Waals surface area contributed by atoms with Gasteiger partial charge in [0.05, 0.1) is 17.7 Å². The molecule has 3 nitrogen and oxygen atoms in total. The lowest BCUT2D eigenvalue weighted by atomic mass is 10.0. The van der Waals surface area contributed by atoms with Gasteiger partial charge in [-0.1, -0.05) is 25.0 Å². The van der Waals surface area contributed by atoms with Gasteiger partial charge in [0.15, 0.2) is 5.78 Å². The zero-order valence-corrected chi connectivity index (χ0v) is 10.4. The molecule has 0 fully saturated rings. The van der Waals surface area contributed by atoms with Crippen LogP contribution in [0.3, 0.4) is 0 Å². The minimum absolute atomic E-state index is 0.0902. The molecule has 0 aliphatic heterocycles. The second-order valence-corrected chi connectivity index (χ2v) is 4.19. The van der Waals surface area contributed by atoms with Gasteiger partial charge in [-0.15, -0.1) is 0 Å². The number of hydrogen-bond acceptors (Lipinski definition) is 3. The lowest BCUT2D eigenvalue weighted by Crippen LogP contribution is -1.99. The highest BCUT2D eigenvalue weighted by atomic mass is 16.1. The molecular formula is C15H16N2O. The van der Waals surface area contributed by atoms with E-state index in [1.54, 1.807) is 24.3 Å². The molecule has 0 unspecified atom stereocenters. The van der Waals surface area contributed by atoms with Gasteiger partial charge in [-0.05, 0) is 25.0 Å². The van der Waals surface area contributed by atoms with Crippen LogP contribution in [-0.4, -0.2) is 5.78 Å². The van der Waals surface area contributed by atoms with Crippen LogP contribution < -0.4 is 0 Å². The molecule has 1 aromatic rings. The summed E-state index contributed by atoms with van der Waals surface area (Å²) < 4.78 is 0. The molecule has 18 heavy (non-hydrogen) atoms. The molecule has 0 aliphatic rings. The van der Waals surface area contributed by atoms with Crippen molar-refractivity contribution in [3.8, 4) is 12.1 Å². The van der Waals surface area contributed by atoms with Gasteiger partial charge in [-0.2, -0.15) is 10.5 Å². The average Bonchev–Trinajstić information content (AvgIpc) is 2.42. The largest absolute Gasteiger partial charge is 0.294 e. The highest BCUT2D eigenvalue weighted by molar-refractivity contribution is 5.96. The third-order valence-electron chi connectivity index (χ3n) is 2.76. The third kappa shape index (κ3) is 4.80. The predicted octanol–water partition coefficient (Wildman–Crippen LogP) is 3.61. The summed E-state index contributed by atoms with van der Waals surface area (Å²) in [4.78, 5) is 11.8. The molecule has 0 spiro atoms. The van der Waals surface area contributed by atoms with E-state index in [2.05, 4.69) is 6.07 Å². The van der Waals surface area contributed by atoms with Gasteiger partial charge in [0.25, 0.3) is 0 Å². The number of unbranched alkanes of at least 4 members (excludes halogenated alkanes) is 4. The molecule has 3 heteroatoms. The maximum atomic E-state index is 11.8. The van der Waals surface area contributed by atoms with Crippen LogP contribution in [-0.2, 0) is 0 Å². The molecule has 1 aromatic carbocycles. The molecule has 92 valence electrons. The molecule has 0 heterocycles. The Labute approximate surface area is 108 Å². The second-order valence-electron chi connectivity index (χ2n) is 4.19. The zero-order chi connectivity index (χ0) is 13.2. The lowest BCUT2D eigenvalue weighted by molar-refractivity contribution is 0.0979. The Morgan fingerprint density at radius 3 is 2.61 bits per heavy atom. The highest BCUT2D eigenvalue weighted by Crippen LogP contribution is 2.11. The number of nitriles is 2. The molecule has 0 saturated carbocycles. The summed E-state index contributed by atoms with van der Waals surface area (Å²) >= 11 is 0. The van der Waals surface area contributed by atoms with Gasteiger partial charge in [0, 0.05) is 18.4 Å². The summed E-state index contributed by atoms with van der Waals surface area (Å²) in [5, 5.41) is 17.1. The maximum Gasteiger partial charge on any atom is 0.162 e. The molecule has 0 radical (unpaired) electrons. The quantitative estimate of drug-likeness (QED) is 0.540. The summed E-state index contributed by atoms with van der Waals surface area (Å²) in [6.07, 6.45) is 4.85. The molecule has 0 atom stereocenters. The number of carbonyl (C=O) groups is 1. The molecule has 0 N–H and O–H groups in total. The normalized spacial score (nSPS) is 9.44. The van der Waals surface area contributed by atoms with Gasteiger partial charge in [0.2, 0.25) is 0 Å². The first kappa shape index (κ1) is 13.9. The standard InChI is InChI=1S/C15H16N2O/c16-10-5-3-1-2-4-9-15(18)14-8-6-7-13(11-14)12-17/h6-8,11H,1-5,9H2. The number of hydrogen-bond donors (Lipinski definition) is 0. The van der Waals surface area contributed by atoms with Crippen LogP contribution in [0.25, 0.3) is 0 Å². The number of carbonyl (C=O) groups excluding carboxylic acids is 1. The highest BCUT2D eigenvalue weighted by Gasteiger charge is 2.05. The van der Waals surface area contributed by atoms with Crippen molar-refractivity contribution in [1.82, 2.24) is 0 Å². The number of benzene rings is 1. The van der Waals surface area contributed by atoms with Gasteiger partial charge in [0.1, 0.15) is 0 Å². The first-order chi connectivity index (χ1) is 8.77. The molecule has 0 amide bonds. The Kier molecular flexibility index (Phi) is 6.22. The van der Waals surface area contributed by atoms with Crippen molar-refractivity contribution >= 4 is 5.78 Å². The fourth-order valence-corrected chi connectivity index (χ4v) is 1.75. The van der Waals surface area contributed by atoms with E-state index in [0.717, 1.165) is 25.7 Å². The van der Waals surface area contributed by atoms with E-state index >= 15 is 0 Å². The number of ketones is 1. The van der Waals surface area contributed by atoms with Crippen molar-refractivity contribution < 1.29 is 4.79 Å². The monoisotopic (exact) mass is 240 g/mol. The minimum Gasteiger partial charge on any atom is -0.294 e. The van der Waals surface area contributed by atoms with E-state index in [-0.39, 0.29) is 5.78 Å². The van der Waals surface area contributed by atoms with Gasteiger partial charge >= 0.3 is 0 Å². The number of Topliss-reactive ketones (excluding diaryl/α,β-unsaturated/α-hetero) is 1.